The molecule has 2 amide bonds. The Morgan fingerprint density at radius 1 is 1.00 bits per heavy atom. The first-order valence-corrected chi connectivity index (χ1v) is 13.7. The van der Waals surface area contributed by atoms with Crippen molar-refractivity contribution in [3.05, 3.63) is 83.9 Å². The van der Waals surface area contributed by atoms with E-state index in [0.717, 1.165) is 24.0 Å². The normalized spacial score (nSPS) is 19.4. The molecule has 0 bridgehead atoms. The average Bonchev–Trinajstić information content (AvgIpc) is 2.97. The molecule has 0 spiro atoms. The van der Waals surface area contributed by atoms with Crippen LogP contribution in [0.3, 0.4) is 0 Å². The number of amides is 2. The third-order valence-corrected chi connectivity index (χ3v) is 6.54. The van der Waals surface area contributed by atoms with Crippen LogP contribution in [0.4, 0.5) is 0 Å². The molecule has 3 rings (SSSR count). The Morgan fingerprint density at radius 3 is 2.40 bits per heavy atom. The van der Waals surface area contributed by atoms with E-state index in [2.05, 4.69) is 10.6 Å². The van der Waals surface area contributed by atoms with Crippen LogP contribution in [0.25, 0.3) is 0 Å². The maximum absolute atomic E-state index is 13.3. The third kappa shape index (κ3) is 11.0. The van der Waals surface area contributed by atoms with Crippen LogP contribution >= 0.6 is 0 Å². The predicted octanol–water partition coefficient (Wildman–Crippen LogP) is 3.00. The van der Waals surface area contributed by atoms with Crippen molar-refractivity contribution in [3.8, 4) is 0 Å². The van der Waals surface area contributed by atoms with Crippen molar-refractivity contribution in [2.24, 2.45) is 5.92 Å². The van der Waals surface area contributed by atoms with Gasteiger partial charge in [-0.15, -0.1) is 0 Å². The number of aliphatic hydroxyl groups is 1. The van der Waals surface area contributed by atoms with Gasteiger partial charge in [-0.3, -0.25) is 14.4 Å². The van der Waals surface area contributed by atoms with E-state index in [1.165, 1.54) is 0 Å². The van der Waals surface area contributed by atoms with Crippen LogP contribution in [0.5, 0.6) is 0 Å². The van der Waals surface area contributed by atoms with Crippen LogP contribution in [-0.4, -0.2) is 54.2 Å². The molecule has 0 radical (unpaired) electrons. The Morgan fingerprint density at radius 2 is 1.70 bits per heavy atom. The molecule has 1 aliphatic rings. The molecule has 3 N–H and O–H groups in total. The Labute approximate surface area is 234 Å². The van der Waals surface area contributed by atoms with Gasteiger partial charge in [-0.1, -0.05) is 72.8 Å². The van der Waals surface area contributed by atoms with Gasteiger partial charge in [0.05, 0.1) is 18.6 Å². The monoisotopic (exact) mass is 550 g/mol. The number of rotatable bonds is 9. The molecule has 0 fully saturated rings. The van der Waals surface area contributed by atoms with Crippen molar-refractivity contribution in [3.63, 3.8) is 0 Å². The minimum absolute atomic E-state index is 0.00146. The van der Waals surface area contributed by atoms with Crippen LogP contribution in [-0.2, 0) is 41.7 Å². The van der Waals surface area contributed by atoms with Gasteiger partial charge in [0.1, 0.15) is 13.2 Å². The number of esters is 2. The number of aliphatic hydroxyl groups excluding tert-OH is 1. The molecule has 2 aromatic rings. The molecule has 40 heavy (non-hydrogen) atoms. The smallest absolute Gasteiger partial charge is 0.332 e. The lowest BCUT2D eigenvalue weighted by Gasteiger charge is -2.22. The second kappa shape index (κ2) is 16.9. The first-order valence-electron chi connectivity index (χ1n) is 13.7. The number of carbonyl (C=O) groups excluding carboxylic acids is 4. The van der Waals surface area contributed by atoms with Crippen molar-refractivity contribution in [1.82, 2.24) is 10.6 Å². The highest BCUT2D eigenvalue weighted by Gasteiger charge is 2.29. The molecule has 214 valence electrons. The topological polar surface area (TPSA) is 131 Å². The van der Waals surface area contributed by atoms with E-state index < -0.39 is 35.8 Å². The molecule has 0 aliphatic carbocycles. The van der Waals surface area contributed by atoms with Crippen molar-refractivity contribution in [2.45, 2.75) is 63.6 Å². The van der Waals surface area contributed by atoms with Gasteiger partial charge in [0, 0.05) is 12.8 Å². The number of hydrogen-bond acceptors (Lipinski definition) is 7. The SMILES string of the molecule is O=C(C[C@H]1CC=CCCCCC(=O)OC[C@H](C(=O)OCc2ccccc2)NC1=O)N[C@H](CO)Cc1ccccc1. The number of ether oxygens (including phenoxy) is 2. The summed E-state index contributed by atoms with van der Waals surface area (Å²) in [4.78, 5) is 51.3. The summed E-state index contributed by atoms with van der Waals surface area (Å²) in [7, 11) is 0. The Bertz CT molecular complexity index is 1120. The fraction of sp³-hybridized carbons (Fsp3) is 0.419. The average molecular weight is 551 g/mol. The highest BCUT2D eigenvalue weighted by atomic mass is 16.6. The second-order valence-corrected chi connectivity index (χ2v) is 9.83. The first-order chi connectivity index (χ1) is 19.4. The zero-order valence-electron chi connectivity index (χ0n) is 22.6. The Hall–Kier alpha value is -3.98. The lowest BCUT2D eigenvalue weighted by atomic mass is 9.97. The standard InChI is InChI=1S/C31H38N2O7/c34-20-26(18-23-12-6-4-7-13-23)32-28(35)19-25-16-10-2-1-3-11-17-29(36)39-22-27(33-30(25)37)31(38)40-21-24-14-8-5-9-15-24/h2,4-10,12-15,25-27,34H,1,3,11,16-22H2,(H,32,35)(H,33,37)/t25-,26+,27-/m1/s1. The summed E-state index contributed by atoms with van der Waals surface area (Å²) < 4.78 is 10.7. The molecular formula is C31H38N2O7. The van der Waals surface area contributed by atoms with Crippen molar-refractivity contribution in [2.75, 3.05) is 13.2 Å². The van der Waals surface area contributed by atoms with E-state index in [0.29, 0.717) is 12.8 Å². The van der Waals surface area contributed by atoms with Gasteiger partial charge in [-0.05, 0) is 43.2 Å². The summed E-state index contributed by atoms with van der Waals surface area (Å²) in [6.45, 7) is -0.618. The molecule has 0 saturated carbocycles. The molecule has 0 saturated heterocycles. The summed E-state index contributed by atoms with van der Waals surface area (Å²) >= 11 is 0. The molecular weight excluding hydrogens is 512 g/mol. The molecule has 1 aliphatic heterocycles. The fourth-order valence-corrected chi connectivity index (χ4v) is 4.30. The molecule has 3 atom stereocenters. The van der Waals surface area contributed by atoms with E-state index in [9.17, 15) is 24.3 Å². The van der Waals surface area contributed by atoms with Crippen molar-refractivity contribution >= 4 is 23.8 Å². The molecule has 2 aromatic carbocycles. The van der Waals surface area contributed by atoms with Crippen LogP contribution in [0.2, 0.25) is 0 Å². The van der Waals surface area contributed by atoms with Gasteiger partial charge in [0.2, 0.25) is 11.8 Å². The molecule has 9 nitrogen and oxygen atoms in total. The van der Waals surface area contributed by atoms with Crippen LogP contribution in [0.15, 0.2) is 72.8 Å². The Balaban J connectivity index is 1.68. The van der Waals surface area contributed by atoms with Crippen molar-refractivity contribution < 1.29 is 33.8 Å². The lowest BCUT2D eigenvalue weighted by Crippen LogP contribution is -2.48. The maximum Gasteiger partial charge on any atom is 0.332 e. The lowest BCUT2D eigenvalue weighted by molar-refractivity contribution is -0.155. The quantitative estimate of drug-likeness (QED) is 0.323. The van der Waals surface area contributed by atoms with Gasteiger partial charge < -0.3 is 25.2 Å². The fourth-order valence-electron chi connectivity index (χ4n) is 4.30. The number of hydrogen-bond donors (Lipinski definition) is 3. The van der Waals surface area contributed by atoms with E-state index in [1.807, 2.05) is 60.7 Å². The summed E-state index contributed by atoms with van der Waals surface area (Å²) in [5.74, 6) is -2.90. The van der Waals surface area contributed by atoms with E-state index in [1.54, 1.807) is 12.1 Å². The second-order valence-electron chi connectivity index (χ2n) is 9.83. The third-order valence-electron chi connectivity index (χ3n) is 6.54. The summed E-state index contributed by atoms with van der Waals surface area (Å²) in [6.07, 6.45) is 6.69. The number of allylic oxidation sites excluding steroid dienone is 2. The van der Waals surface area contributed by atoms with Crippen molar-refractivity contribution in [1.29, 1.82) is 0 Å². The van der Waals surface area contributed by atoms with Crippen LogP contribution in [0.1, 0.15) is 49.7 Å². The van der Waals surface area contributed by atoms with E-state index in [4.69, 9.17) is 9.47 Å². The van der Waals surface area contributed by atoms with Gasteiger partial charge in [0.15, 0.2) is 6.04 Å². The minimum atomic E-state index is -1.22. The van der Waals surface area contributed by atoms with E-state index >= 15 is 0 Å². The first kappa shape index (κ1) is 30.6. The summed E-state index contributed by atoms with van der Waals surface area (Å²) in [6, 6.07) is 16.8. The molecule has 9 heteroatoms. The largest absolute Gasteiger partial charge is 0.463 e. The van der Waals surface area contributed by atoms with Gasteiger partial charge >= 0.3 is 11.9 Å². The van der Waals surface area contributed by atoms with Crippen LogP contribution < -0.4 is 10.6 Å². The zero-order valence-corrected chi connectivity index (χ0v) is 22.6. The predicted molar refractivity (Wildman–Crippen MR) is 149 cm³/mol. The number of benzene rings is 2. The molecule has 0 unspecified atom stereocenters. The van der Waals surface area contributed by atoms with E-state index in [-0.39, 0.29) is 45.0 Å². The van der Waals surface area contributed by atoms with Gasteiger partial charge in [-0.2, -0.15) is 0 Å². The Kier molecular flexibility index (Phi) is 12.9. The van der Waals surface area contributed by atoms with Gasteiger partial charge in [-0.25, -0.2) is 4.79 Å². The van der Waals surface area contributed by atoms with Gasteiger partial charge in [0.25, 0.3) is 0 Å². The number of carbonyl (C=O) groups is 4. The molecule has 0 aromatic heterocycles. The van der Waals surface area contributed by atoms with Crippen LogP contribution in [0, 0.1) is 5.92 Å². The summed E-state index contributed by atoms with van der Waals surface area (Å²) in [5.41, 5.74) is 1.74. The number of nitrogens with one attached hydrogen (secondary N) is 2. The highest BCUT2D eigenvalue weighted by Crippen LogP contribution is 2.14. The number of cyclic esters (lactones) is 1. The highest BCUT2D eigenvalue weighted by molar-refractivity contribution is 5.89. The summed E-state index contributed by atoms with van der Waals surface area (Å²) in [5, 5.41) is 15.3. The maximum atomic E-state index is 13.3. The zero-order chi connectivity index (χ0) is 28.6. The molecule has 1 heterocycles. The minimum Gasteiger partial charge on any atom is -0.463 e.